The molecule has 1 aliphatic rings. The van der Waals surface area contributed by atoms with Crippen LogP contribution >= 0.6 is 0 Å². The summed E-state index contributed by atoms with van der Waals surface area (Å²) in [5.74, 6) is -0.285. The highest BCUT2D eigenvalue weighted by Gasteiger charge is 2.42. The van der Waals surface area contributed by atoms with Crippen molar-refractivity contribution >= 4 is 17.0 Å². The Labute approximate surface area is 211 Å². The van der Waals surface area contributed by atoms with E-state index in [0.717, 1.165) is 16.7 Å². The summed E-state index contributed by atoms with van der Waals surface area (Å²) in [4.78, 5) is 32.3. The van der Waals surface area contributed by atoms with Crippen molar-refractivity contribution in [2.75, 3.05) is 6.61 Å². The standard InChI is InChI=1S/C29H20N4O4/c30-17-18-3-5-19(6-4-18)20-7-10-22(11-8-20)29(13-15-36-25-2-1-14-31-26(25)29)33-27(34)21-9-12-24-23(16-21)32-28(35)37-24/h1-12,14,16H,13,15H2,(H,32,35)(H,33,34). The molecule has 0 aliphatic carbocycles. The van der Waals surface area contributed by atoms with Crippen LogP contribution in [0.4, 0.5) is 0 Å². The average Bonchev–Trinajstić information content (AvgIpc) is 3.32. The zero-order valence-electron chi connectivity index (χ0n) is 19.5. The summed E-state index contributed by atoms with van der Waals surface area (Å²) in [6, 6.07) is 25.9. The number of fused-ring (bicyclic) bond motifs is 2. The van der Waals surface area contributed by atoms with Crippen molar-refractivity contribution in [3.05, 3.63) is 118 Å². The normalized spacial score (nSPS) is 16.4. The third-order valence-corrected chi connectivity index (χ3v) is 6.64. The lowest BCUT2D eigenvalue weighted by atomic mass is 9.80. The maximum absolute atomic E-state index is 13.6. The highest BCUT2D eigenvalue weighted by atomic mass is 16.5. The van der Waals surface area contributed by atoms with Crippen LogP contribution in [0.5, 0.6) is 5.75 Å². The maximum Gasteiger partial charge on any atom is 0.417 e. The van der Waals surface area contributed by atoms with Gasteiger partial charge in [0.05, 0.1) is 23.8 Å². The molecule has 0 radical (unpaired) electrons. The molecule has 37 heavy (non-hydrogen) atoms. The number of nitrogens with one attached hydrogen (secondary N) is 2. The van der Waals surface area contributed by atoms with Crippen molar-refractivity contribution in [2.45, 2.75) is 12.0 Å². The Morgan fingerprint density at radius 3 is 2.54 bits per heavy atom. The Hall–Kier alpha value is -5.16. The lowest BCUT2D eigenvalue weighted by Gasteiger charge is -2.39. The van der Waals surface area contributed by atoms with Gasteiger partial charge < -0.3 is 14.5 Å². The molecule has 180 valence electrons. The number of oxazole rings is 1. The summed E-state index contributed by atoms with van der Waals surface area (Å²) in [6.07, 6.45) is 2.16. The van der Waals surface area contributed by atoms with E-state index in [1.54, 1.807) is 42.6 Å². The molecule has 6 rings (SSSR count). The summed E-state index contributed by atoms with van der Waals surface area (Å²) in [7, 11) is 0. The number of pyridine rings is 1. The molecular formula is C29H20N4O4. The summed E-state index contributed by atoms with van der Waals surface area (Å²) >= 11 is 0. The minimum atomic E-state index is -0.937. The number of nitrogens with zero attached hydrogens (tertiary/aromatic N) is 2. The van der Waals surface area contributed by atoms with Crippen LogP contribution in [0.3, 0.4) is 0 Å². The van der Waals surface area contributed by atoms with E-state index in [-0.39, 0.29) is 5.91 Å². The first-order valence-electron chi connectivity index (χ1n) is 11.7. The highest BCUT2D eigenvalue weighted by Crippen LogP contribution is 2.41. The number of hydrogen-bond donors (Lipinski definition) is 2. The number of aromatic nitrogens is 2. The van der Waals surface area contributed by atoms with Gasteiger partial charge in [-0.1, -0.05) is 36.4 Å². The second kappa shape index (κ2) is 8.81. The van der Waals surface area contributed by atoms with Gasteiger partial charge in [-0.2, -0.15) is 5.26 Å². The van der Waals surface area contributed by atoms with Gasteiger partial charge in [-0.15, -0.1) is 0 Å². The molecule has 1 atom stereocenters. The zero-order valence-corrected chi connectivity index (χ0v) is 19.5. The fourth-order valence-electron chi connectivity index (χ4n) is 4.78. The number of aromatic amines is 1. The van der Waals surface area contributed by atoms with E-state index >= 15 is 0 Å². The molecule has 0 saturated carbocycles. The van der Waals surface area contributed by atoms with Crippen LogP contribution in [0.25, 0.3) is 22.2 Å². The second-order valence-corrected chi connectivity index (χ2v) is 8.80. The van der Waals surface area contributed by atoms with E-state index in [4.69, 9.17) is 14.4 Å². The van der Waals surface area contributed by atoms with Crippen molar-refractivity contribution in [3.8, 4) is 22.9 Å². The molecule has 1 aliphatic heterocycles. The molecule has 0 bridgehead atoms. The molecule has 2 N–H and O–H groups in total. The van der Waals surface area contributed by atoms with Gasteiger partial charge in [0.2, 0.25) is 0 Å². The maximum atomic E-state index is 13.6. The molecular weight excluding hydrogens is 468 g/mol. The lowest BCUT2D eigenvalue weighted by molar-refractivity contribution is 0.0884. The Morgan fingerprint density at radius 1 is 1.03 bits per heavy atom. The molecule has 0 saturated heterocycles. The van der Waals surface area contributed by atoms with Crippen LogP contribution in [-0.2, 0) is 5.54 Å². The fraction of sp³-hybridized carbons (Fsp3) is 0.103. The highest BCUT2D eigenvalue weighted by molar-refractivity contribution is 5.98. The topological polar surface area (TPSA) is 121 Å². The van der Waals surface area contributed by atoms with Crippen LogP contribution in [-0.4, -0.2) is 22.5 Å². The van der Waals surface area contributed by atoms with Crippen molar-refractivity contribution in [1.82, 2.24) is 15.3 Å². The molecule has 3 aromatic carbocycles. The van der Waals surface area contributed by atoms with Crippen LogP contribution in [0.15, 0.2) is 94.3 Å². The molecule has 0 fully saturated rings. The smallest absolute Gasteiger partial charge is 0.417 e. The van der Waals surface area contributed by atoms with E-state index < -0.39 is 11.3 Å². The Kier molecular flexibility index (Phi) is 5.31. The molecule has 1 unspecified atom stereocenters. The van der Waals surface area contributed by atoms with E-state index in [2.05, 4.69) is 21.4 Å². The largest absolute Gasteiger partial charge is 0.491 e. The molecule has 0 spiro atoms. The first-order valence-corrected chi connectivity index (χ1v) is 11.7. The predicted octanol–water partition coefficient (Wildman–Crippen LogP) is 4.51. The molecule has 8 heteroatoms. The van der Waals surface area contributed by atoms with Crippen LogP contribution in [0.2, 0.25) is 0 Å². The first kappa shape index (κ1) is 22.3. The minimum absolute atomic E-state index is 0.321. The monoisotopic (exact) mass is 488 g/mol. The second-order valence-electron chi connectivity index (χ2n) is 8.80. The van der Waals surface area contributed by atoms with E-state index in [1.807, 2.05) is 42.5 Å². The van der Waals surface area contributed by atoms with E-state index in [9.17, 15) is 9.59 Å². The van der Waals surface area contributed by atoms with Gasteiger partial charge in [-0.25, -0.2) is 4.79 Å². The Balaban J connectivity index is 1.41. The fourth-order valence-corrected chi connectivity index (χ4v) is 4.78. The molecule has 5 aromatic rings. The predicted molar refractivity (Wildman–Crippen MR) is 136 cm³/mol. The van der Waals surface area contributed by atoms with Gasteiger partial charge in [0.15, 0.2) is 5.58 Å². The number of H-pyrrole nitrogens is 1. The van der Waals surface area contributed by atoms with Gasteiger partial charge in [0.25, 0.3) is 5.91 Å². The number of amides is 1. The molecule has 2 aromatic heterocycles. The molecule has 8 nitrogen and oxygen atoms in total. The van der Waals surface area contributed by atoms with Crippen LogP contribution < -0.4 is 15.8 Å². The third kappa shape index (κ3) is 3.93. The Bertz CT molecular complexity index is 1730. The van der Waals surface area contributed by atoms with Gasteiger partial charge in [-0.3, -0.25) is 14.8 Å². The van der Waals surface area contributed by atoms with Crippen molar-refractivity contribution < 1.29 is 13.9 Å². The molecule has 1 amide bonds. The van der Waals surface area contributed by atoms with Crippen LogP contribution in [0.1, 0.15) is 33.6 Å². The minimum Gasteiger partial charge on any atom is -0.491 e. The number of benzene rings is 3. The lowest BCUT2D eigenvalue weighted by Crippen LogP contribution is -2.50. The summed E-state index contributed by atoms with van der Waals surface area (Å²) in [6.45, 7) is 0.393. The average molecular weight is 489 g/mol. The summed E-state index contributed by atoms with van der Waals surface area (Å²) in [5.41, 5.74) is 4.32. The number of rotatable bonds is 4. The SMILES string of the molecule is N#Cc1ccc(-c2ccc(C3(NC(=O)c4ccc5oc(=O)[nH]c5c4)CCOc4cccnc43)cc2)cc1. The van der Waals surface area contributed by atoms with Gasteiger partial charge in [0.1, 0.15) is 17.0 Å². The quantitative estimate of drug-likeness (QED) is 0.384. The third-order valence-electron chi connectivity index (χ3n) is 6.64. The first-order chi connectivity index (χ1) is 18.1. The number of nitriles is 1. The number of carbonyl (C=O) groups is 1. The van der Waals surface area contributed by atoms with Gasteiger partial charge in [-0.05, 0) is 59.2 Å². The van der Waals surface area contributed by atoms with Crippen LogP contribution in [0, 0.1) is 11.3 Å². The van der Waals surface area contributed by atoms with E-state index in [0.29, 0.717) is 46.7 Å². The van der Waals surface area contributed by atoms with Crippen molar-refractivity contribution in [1.29, 1.82) is 5.26 Å². The van der Waals surface area contributed by atoms with Crippen molar-refractivity contribution in [2.24, 2.45) is 0 Å². The zero-order chi connectivity index (χ0) is 25.4. The van der Waals surface area contributed by atoms with Gasteiger partial charge in [0, 0.05) is 18.2 Å². The summed E-state index contributed by atoms with van der Waals surface area (Å²) in [5, 5.41) is 12.3. The van der Waals surface area contributed by atoms with Crippen molar-refractivity contribution in [3.63, 3.8) is 0 Å². The number of hydrogen-bond acceptors (Lipinski definition) is 6. The Morgan fingerprint density at radius 2 is 1.78 bits per heavy atom. The van der Waals surface area contributed by atoms with E-state index in [1.165, 1.54) is 0 Å². The number of carbonyl (C=O) groups excluding carboxylic acids is 1. The molecule has 3 heterocycles. The van der Waals surface area contributed by atoms with Gasteiger partial charge >= 0.3 is 5.76 Å². The number of ether oxygens (including phenoxy) is 1. The summed E-state index contributed by atoms with van der Waals surface area (Å²) < 4.78 is 10.9.